The van der Waals surface area contributed by atoms with E-state index in [1.165, 1.54) is 0 Å². The predicted octanol–water partition coefficient (Wildman–Crippen LogP) is 2.75. The highest BCUT2D eigenvalue weighted by atomic mass is 16.1. The fraction of sp³-hybridized carbons (Fsp3) is 0.0526. The van der Waals surface area contributed by atoms with E-state index >= 15 is 0 Å². The van der Waals surface area contributed by atoms with Gasteiger partial charge in [0.05, 0.1) is 12.2 Å². The summed E-state index contributed by atoms with van der Waals surface area (Å²) < 4.78 is 1.87. The molecule has 3 heterocycles. The van der Waals surface area contributed by atoms with Gasteiger partial charge in [-0.3, -0.25) is 14.3 Å². The molecule has 0 saturated heterocycles. The van der Waals surface area contributed by atoms with Crippen LogP contribution in [0.3, 0.4) is 0 Å². The van der Waals surface area contributed by atoms with Crippen molar-refractivity contribution in [3.8, 4) is 5.69 Å². The van der Waals surface area contributed by atoms with E-state index in [1.807, 2.05) is 53.1 Å². The number of carbonyl (C=O) groups excluding carboxylic acids is 1. The van der Waals surface area contributed by atoms with Gasteiger partial charge in [0.1, 0.15) is 11.8 Å². The number of benzene rings is 1. The molecule has 3 aromatic heterocycles. The molecule has 0 saturated carbocycles. The molecular formula is C19H15N5O. The molecule has 0 atom stereocenters. The Morgan fingerprint density at radius 3 is 2.76 bits per heavy atom. The van der Waals surface area contributed by atoms with Gasteiger partial charge in [-0.15, -0.1) is 0 Å². The smallest absolute Gasteiger partial charge is 0.251 e. The van der Waals surface area contributed by atoms with Crippen molar-refractivity contribution in [3.63, 3.8) is 0 Å². The Morgan fingerprint density at radius 1 is 0.960 bits per heavy atom. The molecule has 0 fully saturated rings. The van der Waals surface area contributed by atoms with Gasteiger partial charge in [-0.25, -0.2) is 9.97 Å². The van der Waals surface area contributed by atoms with Crippen molar-refractivity contribution < 1.29 is 4.79 Å². The van der Waals surface area contributed by atoms with Crippen LogP contribution in [0.4, 0.5) is 0 Å². The molecule has 0 aliphatic rings. The first-order chi connectivity index (χ1) is 12.3. The van der Waals surface area contributed by atoms with Crippen LogP contribution >= 0.6 is 0 Å². The summed E-state index contributed by atoms with van der Waals surface area (Å²) in [5.41, 5.74) is 3.80. The number of aromatic nitrogens is 4. The minimum Gasteiger partial charge on any atom is -0.346 e. The van der Waals surface area contributed by atoms with E-state index in [0.717, 1.165) is 22.5 Å². The third-order valence-corrected chi connectivity index (χ3v) is 3.85. The first-order valence-electron chi connectivity index (χ1n) is 7.88. The molecule has 0 bridgehead atoms. The van der Waals surface area contributed by atoms with E-state index in [2.05, 4.69) is 20.3 Å². The zero-order chi connectivity index (χ0) is 17.1. The Hall–Kier alpha value is -3.54. The van der Waals surface area contributed by atoms with Gasteiger partial charge in [0.25, 0.3) is 5.91 Å². The lowest BCUT2D eigenvalue weighted by atomic mass is 10.2. The number of pyridine rings is 2. The van der Waals surface area contributed by atoms with Crippen LogP contribution in [-0.2, 0) is 6.54 Å². The number of fused-ring (bicyclic) bond motifs is 1. The molecule has 0 unspecified atom stereocenters. The van der Waals surface area contributed by atoms with Crippen molar-refractivity contribution in [2.45, 2.75) is 6.54 Å². The topological polar surface area (TPSA) is 72.7 Å². The molecule has 0 aliphatic heterocycles. The average Bonchev–Trinajstić information content (AvgIpc) is 3.11. The second-order valence-corrected chi connectivity index (χ2v) is 5.51. The zero-order valence-corrected chi connectivity index (χ0v) is 13.3. The van der Waals surface area contributed by atoms with Crippen molar-refractivity contribution in [1.82, 2.24) is 24.8 Å². The van der Waals surface area contributed by atoms with E-state index in [1.54, 1.807) is 24.8 Å². The number of amides is 1. The van der Waals surface area contributed by atoms with Crippen LogP contribution in [0.5, 0.6) is 0 Å². The molecule has 0 radical (unpaired) electrons. The van der Waals surface area contributed by atoms with Gasteiger partial charge in [0.2, 0.25) is 0 Å². The van der Waals surface area contributed by atoms with Crippen molar-refractivity contribution in [3.05, 3.63) is 84.6 Å². The van der Waals surface area contributed by atoms with Gasteiger partial charge in [0, 0.05) is 23.6 Å². The quantitative estimate of drug-likeness (QED) is 0.625. The molecule has 1 aromatic carbocycles. The SMILES string of the molecule is O=C(NCc1ccccn1)c1cccc(-n2cnc3cccnc32)c1. The molecule has 0 spiro atoms. The standard InChI is InChI=1S/C19H15N5O/c25-19(22-12-15-6-1-2-9-20-15)14-5-3-7-16(11-14)24-13-23-17-8-4-10-21-18(17)24/h1-11,13H,12H2,(H,22,25). The molecule has 122 valence electrons. The maximum absolute atomic E-state index is 12.4. The number of nitrogens with zero attached hydrogens (tertiary/aromatic N) is 4. The number of imidazole rings is 1. The lowest BCUT2D eigenvalue weighted by molar-refractivity contribution is 0.0950. The second kappa shape index (κ2) is 6.52. The van der Waals surface area contributed by atoms with Crippen LogP contribution in [0.2, 0.25) is 0 Å². The number of nitrogens with one attached hydrogen (secondary N) is 1. The summed E-state index contributed by atoms with van der Waals surface area (Å²) in [6.07, 6.45) is 5.14. The molecular weight excluding hydrogens is 314 g/mol. The zero-order valence-electron chi connectivity index (χ0n) is 13.3. The van der Waals surface area contributed by atoms with Gasteiger partial charge in [-0.1, -0.05) is 12.1 Å². The van der Waals surface area contributed by atoms with E-state index < -0.39 is 0 Å². The maximum Gasteiger partial charge on any atom is 0.251 e. The van der Waals surface area contributed by atoms with Gasteiger partial charge in [-0.05, 0) is 42.5 Å². The lowest BCUT2D eigenvalue weighted by Gasteiger charge is -2.08. The molecule has 1 N–H and O–H groups in total. The van der Waals surface area contributed by atoms with Crippen LogP contribution in [-0.4, -0.2) is 25.4 Å². The number of hydrogen-bond donors (Lipinski definition) is 1. The monoisotopic (exact) mass is 329 g/mol. The summed E-state index contributed by atoms with van der Waals surface area (Å²) in [5.74, 6) is -0.148. The highest BCUT2D eigenvalue weighted by molar-refractivity contribution is 5.94. The lowest BCUT2D eigenvalue weighted by Crippen LogP contribution is -2.23. The van der Waals surface area contributed by atoms with Gasteiger partial charge >= 0.3 is 0 Å². The second-order valence-electron chi connectivity index (χ2n) is 5.51. The summed E-state index contributed by atoms with van der Waals surface area (Å²) in [5, 5.41) is 2.88. The summed E-state index contributed by atoms with van der Waals surface area (Å²) in [7, 11) is 0. The Kier molecular flexibility index (Phi) is 3.92. The number of hydrogen-bond acceptors (Lipinski definition) is 4. The fourth-order valence-corrected chi connectivity index (χ4v) is 2.61. The Morgan fingerprint density at radius 2 is 1.88 bits per heavy atom. The molecule has 4 aromatic rings. The van der Waals surface area contributed by atoms with Crippen LogP contribution in [0.25, 0.3) is 16.9 Å². The summed E-state index contributed by atoms with van der Waals surface area (Å²) in [6.45, 7) is 0.388. The van der Waals surface area contributed by atoms with Crippen LogP contribution in [0.15, 0.2) is 73.3 Å². The van der Waals surface area contributed by atoms with Crippen LogP contribution in [0.1, 0.15) is 16.1 Å². The van der Waals surface area contributed by atoms with E-state index in [-0.39, 0.29) is 5.91 Å². The molecule has 0 aliphatic carbocycles. The Bertz CT molecular complexity index is 1030. The summed E-state index contributed by atoms with van der Waals surface area (Å²) in [6, 6.07) is 16.7. The maximum atomic E-state index is 12.4. The average molecular weight is 329 g/mol. The summed E-state index contributed by atoms with van der Waals surface area (Å²) >= 11 is 0. The minimum atomic E-state index is -0.148. The molecule has 6 nitrogen and oxygen atoms in total. The van der Waals surface area contributed by atoms with Gasteiger partial charge in [-0.2, -0.15) is 0 Å². The van der Waals surface area contributed by atoms with Crippen LogP contribution < -0.4 is 5.32 Å². The largest absolute Gasteiger partial charge is 0.346 e. The van der Waals surface area contributed by atoms with Crippen molar-refractivity contribution >= 4 is 17.1 Å². The first kappa shape index (κ1) is 15.0. The Labute approximate surface area is 144 Å². The summed E-state index contributed by atoms with van der Waals surface area (Å²) in [4.78, 5) is 25.3. The van der Waals surface area contributed by atoms with Crippen molar-refractivity contribution in [1.29, 1.82) is 0 Å². The van der Waals surface area contributed by atoms with Crippen LogP contribution in [0, 0.1) is 0 Å². The van der Waals surface area contributed by atoms with E-state index in [0.29, 0.717) is 12.1 Å². The molecule has 1 amide bonds. The van der Waals surface area contributed by atoms with Crippen molar-refractivity contribution in [2.75, 3.05) is 0 Å². The molecule has 6 heteroatoms. The van der Waals surface area contributed by atoms with Gasteiger partial charge < -0.3 is 5.32 Å². The Balaban J connectivity index is 1.58. The fourth-order valence-electron chi connectivity index (χ4n) is 2.61. The number of carbonyl (C=O) groups is 1. The molecule has 25 heavy (non-hydrogen) atoms. The third-order valence-electron chi connectivity index (χ3n) is 3.85. The van der Waals surface area contributed by atoms with Gasteiger partial charge in [0.15, 0.2) is 5.65 Å². The highest BCUT2D eigenvalue weighted by Gasteiger charge is 2.09. The third kappa shape index (κ3) is 3.10. The highest BCUT2D eigenvalue weighted by Crippen LogP contribution is 2.17. The number of rotatable bonds is 4. The predicted molar refractivity (Wildman–Crippen MR) is 94.3 cm³/mol. The minimum absolute atomic E-state index is 0.148. The van der Waals surface area contributed by atoms with Crippen molar-refractivity contribution in [2.24, 2.45) is 0 Å². The van der Waals surface area contributed by atoms with E-state index in [9.17, 15) is 4.79 Å². The van der Waals surface area contributed by atoms with E-state index in [4.69, 9.17) is 0 Å². The normalized spacial score (nSPS) is 10.7. The first-order valence-corrected chi connectivity index (χ1v) is 7.88. The molecule has 4 rings (SSSR count).